The number of ether oxygens (including phenoxy) is 1. The molecule has 1 aromatic rings. The third-order valence-corrected chi connectivity index (χ3v) is 7.48. The van der Waals surface area contributed by atoms with Crippen molar-refractivity contribution in [2.75, 3.05) is 32.1 Å². The molecule has 6 nitrogen and oxygen atoms in total. The van der Waals surface area contributed by atoms with Crippen LogP contribution in [0.4, 0.5) is 10.5 Å². The Labute approximate surface area is 178 Å². The normalized spacial score (nSPS) is 30.6. The van der Waals surface area contributed by atoms with Crippen molar-refractivity contribution in [2.24, 2.45) is 11.8 Å². The van der Waals surface area contributed by atoms with Crippen LogP contribution in [-0.2, 0) is 4.74 Å². The second-order valence-electron chi connectivity index (χ2n) is 9.20. The smallest absolute Gasteiger partial charge is 0.337 e. The number of carbonyl (C=O) groups is 2. The van der Waals surface area contributed by atoms with Gasteiger partial charge in [0, 0.05) is 24.8 Å². The molecule has 0 unspecified atom stereocenters. The maximum Gasteiger partial charge on any atom is 0.337 e. The van der Waals surface area contributed by atoms with Gasteiger partial charge in [-0.2, -0.15) is 0 Å². The highest BCUT2D eigenvalue weighted by Gasteiger charge is 2.46. The van der Waals surface area contributed by atoms with Crippen LogP contribution in [0.5, 0.6) is 0 Å². The summed E-state index contributed by atoms with van der Waals surface area (Å²) in [6.45, 7) is 3.14. The van der Waals surface area contributed by atoms with Crippen LogP contribution in [0.2, 0.25) is 0 Å². The van der Waals surface area contributed by atoms with Crippen LogP contribution < -0.4 is 5.32 Å². The monoisotopic (exact) mass is 409 g/mol. The van der Waals surface area contributed by atoms with Crippen LogP contribution in [-0.4, -0.2) is 60.6 Å². The van der Waals surface area contributed by atoms with Gasteiger partial charge in [-0.3, -0.25) is 4.90 Å². The lowest BCUT2D eigenvalue weighted by molar-refractivity contribution is 0.00908. The van der Waals surface area contributed by atoms with E-state index in [1.165, 1.54) is 44.9 Å². The second-order valence-corrected chi connectivity index (χ2v) is 9.20. The van der Waals surface area contributed by atoms with Crippen LogP contribution >= 0.6 is 0 Å². The number of likely N-dealkylation sites (tertiary alicyclic amines) is 1. The van der Waals surface area contributed by atoms with Crippen LogP contribution in [0.1, 0.15) is 48.9 Å². The molecule has 3 heterocycles. The van der Waals surface area contributed by atoms with E-state index in [0.717, 1.165) is 32.0 Å². The van der Waals surface area contributed by atoms with E-state index < -0.39 is 0 Å². The molecule has 3 saturated heterocycles. The number of fused-ring (bicyclic) bond motifs is 6. The van der Waals surface area contributed by atoms with Crippen LogP contribution in [0.3, 0.4) is 0 Å². The molecule has 3 fully saturated rings. The molecule has 2 amide bonds. The van der Waals surface area contributed by atoms with Crippen molar-refractivity contribution < 1.29 is 14.3 Å². The lowest BCUT2D eigenvalue weighted by atomic mass is 9.68. The molecule has 5 rings (SSSR count). The van der Waals surface area contributed by atoms with E-state index in [1.54, 1.807) is 24.3 Å². The Morgan fingerprint density at radius 1 is 1.10 bits per heavy atom. The van der Waals surface area contributed by atoms with Crippen molar-refractivity contribution in [2.45, 2.75) is 50.6 Å². The van der Waals surface area contributed by atoms with Crippen LogP contribution in [0, 0.1) is 11.8 Å². The highest BCUT2D eigenvalue weighted by Crippen LogP contribution is 2.45. The number of urea groups is 1. The highest BCUT2D eigenvalue weighted by atomic mass is 16.5. The number of nitrogens with one attached hydrogen (secondary N) is 1. The van der Waals surface area contributed by atoms with Gasteiger partial charge in [0.05, 0.1) is 18.7 Å². The molecular formula is C24H31N3O3. The summed E-state index contributed by atoms with van der Waals surface area (Å²) in [7, 11) is 1.37. The topological polar surface area (TPSA) is 61.9 Å². The lowest BCUT2D eigenvalue weighted by Crippen LogP contribution is -2.60. The van der Waals surface area contributed by atoms with Crippen molar-refractivity contribution >= 4 is 17.7 Å². The van der Waals surface area contributed by atoms with E-state index in [0.29, 0.717) is 23.1 Å². The fourth-order valence-electron chi connectivity index (χ4n) is 6.20. The molecule has 1 aromatic carbocycles. The predicted molar refractivity (Wildman–Crippen MR) is 115 cm³/mol. The molecule has 160 valence electrons. The fourth-order valence-corrected chi connectivity index (χ4v) is 6.20. The van der Waals surface area contributed by atoms with Crippen molar-refractivity contribution in [3.63, 3.8) is 0 Å². The minimum Gasteiger partial charge on any atom is -0.465 e. The first kappa shape index (κ1) is 19.6. The first-order valence-electron chi connectivity index (χ1n) is 11.3. The average Bonchev–Trinajstić information content (AvgIpc) is 2.78. The number of piperidine rings is 3. The molecule has 0 saturated carbocycles. The summed E-state index contributed by atoms with van der Waals surface area (Å²) in [5, 5.41) is 3.05. The number of methoxy groups -OCH3 is 1. The fraction of sp³-hybridized carbons (Fsp3) is 0.583. The van der Waals surface area contributed by atoms with Gasteiger partial charge in [-0.15, -0.1) is 0 Å². The zero-order valence-electron chi connectivity index (χ0n) is 17.7. The molecule has 0 radical (unpaired) electrons. The summed E-state index contributed by atoms with van der Waals surface area (Å²) in [6, 6.07) is 7.82. The number of anilines is 1. The summed E-state index contributed by atoms with van der Waals surface area (Å²) in [5.41, 5.74) is 2.68. The Bertz CT molecular complexity index is 850. The Morgan fingerprint density at radius 3 is 2.73 bits per heavy atom. The molecule has 1 N–H and O–H groups in total. The number of esters is 1. The van der Waals surface area contributed by atoms with Gasteiger partial charge in [-0.25, -0.2) is 9.59 Å². The molecule has 3 aliphatic heterocycles. The largest absolute Gasteiger partial charge is 0.465 e. The van der Waals surface area contributed by atoms with Gasteiger partial charge in [-0.05, 0) is 74.8 Å². The summed E-state index contributed by atoms with van der Waals surface area (Å²) >= 11 is 0. The van der Waals surface area contributed by atoms with Gasteiger partial charge >= 0.3 is 12.0 Å². The molecule has 2 bridgehead atoms. The molecule has 4 aliphatic rings. The summed E-state index contributed by atoms with van der Waals surface area (Å²) in [6.07, 6.45) is 9.91. The first-order chi connectivity index (χ1) is 14.6. The maximum absolute atomic E-state index is 13.2. The molecular weight excluding hydrogens is 378 g/mol. The van der Waals surface area contributed by atoms with E-state index in [1.807, 2.05) is 0 Å². The van der Waals surface area contributed by atoms with Crippen molar-refractivity contribution in [3.8, 4) is 0 Å². The number of hydrogen-bond donors (Lipinski definition) is 1. The average molecular weight is 410 g/mol. The van der Waals surface area contributed by atoms with E-state index in [2.05, 4.69) is 21.2 Å². The third kappa shape index (κ3) is 3.51. The molecule has 0 spiro atoms. The Hall–Kier alpha value is -2.34. The number of amides is 2. The first-order valence-corrected chi connectivity index (χ1v) is 11.3. The Kier molecular flexibility index (Phi) is 5.27. The summed E-state index contributed by atoms with van der Waals surface area (Å²) in [4.78, 5) is 29.6. The summed E-state index contributed by atoms with van der Waals surface area (Å²) < 4.78 is 4.74. The molecule has 4 atom stereocenters. The Morgan fingerprint density at radius 2 is 1.93 bits per heavy atom. The van der Waals surface area contributed by atoms with Gasteiger partial charge in [-0.1, -0.05) is 18.1 Å². The van der Waals surface area contributed by atoms with Gasteiger partial charge in [0.15, 0.2) is 0 Å². The zero-order chi connectivity index (χ0) is 20.7. The molecule has 0 aromatic heterocycles. The van der Waals surface area contributed by atoms with E-state index >= 15 is 0 Å². The molecule has 30 heavy (non-hydrogen) atoms. The quantitative estimate of drug-likeness (QED) is 0.594. The number of nitrogens with zero attached hydrogens (tertiary/aromatic N) is 2. The number of hydrogen-bond acceptors (Lipinski definition) is 4. The zero-order valence-corrected chi connectivity index (χ0v) is 17.7. The summed E-state index contributed by atoms with van der Waals surface area (Å²) in [5.74, 6) is 0.838. The standard InChI is InChI=1S/C24H31N3O3/c1-30-23(28)16-7-9-20(10-8-16)25-24(29)27-12-4-5-17-13-18-14-19(22(17)27)15-26-11-3-2-6-21(18)26/h7-10,13,18-19,21-22H,2-6,11-12,14-15H2,1H3,(H,25,29)/t18-,19-,21+,22+/m0/s1. The minimum atomic E-state index is -0.372. The van der Waals surface area contributed by atoms with E-state index in [9.17, 15) is 9.59 Å². The number of carbonyl (C=O) groups excluding carboxylic acids is 2. The van der Waals surface area contributed by atoms with Crippen LogP contribution in [0.15, 0.2) is 35.9 Å². The van der Waals surface area contributed by atoms with Gasteiger partial charge in [0.2, 0.25) is 0 Å². The van der Waals surface area contributed by atoms with Gasteiger partial charge in [0.25, 0.3) is 0 Å². The maximum atomic E-state index is 13.2. The SMILES string of the molecule is COC(=O)c1ccc(NC(=O)N2CCCC3=C[C@H]4C[C@@H](CN5CCCC[C@H]45)[C@@H]32)cc1. The molecule has 1 aliphatic carbocycles. The predicted octanol–water partition coefficient (Wildman–Crippen LogP) is 3.90. The van der Waals surface area contributed by atoms with Crippen molar-refractivity contribution in [1.82, 2.24) is 9.80 Å². The van der Waals surface area contributed by atoms with Gasteiger partial charge < -0.3 is 15.0 Å². The van der Waals surface area contributed by atoms with Crippen molar-refractivity contribution in [1.29, 1.82) is 0 Å². The van der Waals surface area contributed by atoms with Gasteiger partial charge in [0.1, 0.15) is 0 Å². The Balaban J connectivity index is 1.33. The second kappa shape index (κ2) is 8.06. The van der Waals surface area contributed by atoms with E-state index in [4.69, 9.17) is 4.74 Å². The highest BCUT2D eigenvalue weighted by molar-refractivity contribution is 5.92. The minimum absolute atomic E-state index is 0.0318. The lowest BCUT2D eigenvalue weighted by Gasteiger charge is -2.54. The number of benzene rings is 1. The van der Waals surface area contributed by atoms with E-state index in [-0.39, 0.29) is 18.0 Å². The third-order valence-electron chi connectivity index (χ3n) is 7.48. The molecule has 6 heteroatoms. The van der Waals surface area contributed by atoms with Crippen molar-refractivity contribution in [3.05, 3.63) is 41.5 Å². The van der Waals surface area contributed by atoms with Crippen LogP contribution in [0.25, 0.3) is 0 Å². The number of rotatable bonds is 2.